The van der Waals surface area contributed by atoms with Gasteiger partial charge < -0.3 is 15.2 Å². The van der Waals surface area contributed by atoms with Crippen molar-refractivity contribution in [3.63, 3.8) is 0 Å². The Hall–Kier alpha value is -3.12. The first kappa shape index (κ1) is 18.3. The highest BCUT2D eigenvalue weighted by molar-refractivity contribution is 6.30. The molecule has 0 aliphatic carbocycles. The van der Waals surface area contributed by atoms with Crippen LogP contribution in [-0.4, -0.2) is 21.4 Å². The van der Waals surface area contributed by atoms with Gasteiger partial charge in [-0.1, -0.05) is 35.9 Å². The average Bonchev–Trinajstić information content (AvgIpc) is 3.09. The van der Waals surface area contributed by atoms with Crippen LogP contribution >= 0.6 is 11.6 Å². The zero-order valence-electron chi connectivity index (χ0n) is 15.1. The Labute approximate surface area is 167 Å². The molecular weight excluding hydrogens is 376 g/mol. The number of carbonyl (C=O) groups is 2. The highest BCUT2D eigenvalue weighted by atomic mass is 35.5. The van der Waals surface area contributed by atoms with Crippen LogP contribution < -0.4 is 10.6 Å². The largest absolute Gasteiger partial charge is 0.323 e. The Kier molecular flexibility index (Phi) is 5.12. The first-order valence-corrected chi connectivity index (χ1v) is 9.52. The van der Waals surface area contributed by atoms with E-state index in [9.17, 15) is 9.59 Å². The first-order chi connectivity index (χ1) is 13.6. The highest BCUT2D eigenvalue weighted by Crippen LogP contribution is 2.23. The molecule has 6 nitrogen and oxygen atoms in total. The summed E-state index contributed by atoms with van der Waals surface area (Å²) in [4.78, 5) is 30.0. The van der Waals surface area contributed by atoms with E-state index in [4.69, 9.17) is 11.6 Å². The van der Waals surface area contributed by atoms with Gasteiger partial charge in [0, 0.05) is 22.9 Å². The number of nitrogens with one attached hydrogen (secondary N) is 2. The third-order valence-corrected chi connectivity index (χ3v) is 4.89. The second-order valence-electron chi connectivity index (χ2n) is 6.62. The lowest BCUT2D eigenvalue weighted by molar-refractivity contribution is 0.101. The fourth-order valence-corrected chi connectivity index (χ4v) is 3.55. The third-order valence-electron chi connectivity index (χ3n) is 4.65. The lowest BCUT2D eigenvalue weighted by Crippen LogP contribution is -2.21. The van der Waals surface area contributed by atoms with E-state index in [1.54, 1.807) is 24.3 Å². The highest BCUT2D eigenvalue weighted by Gasteiger charge is 2.27. The average molecular weight is 395 g/mol. The molecule has 28 heavy (non-hydrogen) atoms. The van der Waals surface area contributed by atoms with E-state index in [0.29, 0.717) is 28.6 Å². The standard InChI is InChI=1S/C21H19ClN4O2/c22-14-7-6-10-16(13-14)24-21(28)19-25-18(17-11-4-5-12-26(17)19)20(27)23-15-8-2-1-3-9-15/h1-3,6-10,13H,4-5,11-12H2,(H,23,27)(H,24,28). The monoisotopic (exact) mass is 394 g/mol. The number of halogens is 1. The maximum Gasteiger partial charge on any atom is 0.291 e. The van der Waals surface area contributed by atoms with Gasteiger partial charge in [-0.2, -0.15) is 0 Å². The van der Waals surface area contributed by atoms with E-state index >= 15 is 0 Å². The summed E-state index contributed by atoms with van der Waals surface area (Å²) in [5.74, 6) is -0.421. The summed E-state index contributed by atoms with van der Waals surface area (Å²) < 4.78 is 1.85. The zero-order chi connectivity index (χ0) is 19.5. The number of nitrogens with zero attached hydrogens (tertiary/aromatic N) is 2. The van der Waals surface area contributed by atoms with Crippen LogP contribution in [0.2, 0.25) is 5.02 Å². The van der Waals surface area contributed by atoms with Crippen molar-refractivity contribution in [3.05, 3.63) is 76.8 Å². The molecule has 0 atom stereocenters. The normalized spacial score (nSPS) is 12.9. The predicted molar refractivity (Wildman–Crippen MR) is 109 cm³/mol. The van der Waals surface area contributed by atoms with Gasteiger partial charge in [0.05, 0.1) is 5.69 Å². The summed E-state index contributed by atoms with van der Waals surface area (Å²) in [6, 6.07) is 16.1. The number of carbonyl (C=O) groups excluding carboxylic acids is 2. The van der Waals surface area contributed by atoms with Gasteiger partial charge in [0.1, 0.15) is 0 Å². The van der Waals surface area contributed by atoms with Crippen LogP contribution in [0.25, 0.3) is 0 Å². The van der Waals surface area contributed by atoms with Crippen molar-refractivity contribution in [1.29, 1.82) is 0 Å². The Bertz CT molecular complexity index is 1030. The minimum Gasteiger partial charge on any atom is -0.323 e. The molecule has 1 aliphatic rings. The molecule has 1 aromatic heterocycles. The smallest absolute Gasteiger partial charge is 0.291 e. The molecule has 0 fully saturated rings. The number of para-hydroxylation sites is 1. The van der Waals surface area contributed by atoms with Gasteiger partial charge in [-0.15, -0.1) is 0 Å². The molecule has 7 heteroatoms. The number of hydrogen-bond donors (Lipinski definition) is 2. The second-order valence-corrected chi connectivity index (χ2v) is 7.06. The summed E-state index contributed by atoms with van der Waals surface area (Å²) in [5.41, 5.74) is 2.38. The lowest BCUT2D eigenvalue weighted by Gasteiger charge is -2.17. The number of rotatable bonds is 4. The lowest BCUT2D eigenvalue weighted by atomic mass is 10.1. The van der Waals surface area contributed by atoms with E-state index in [1.165, 1.54) is 0 Å². The molecule has 0 radical (unpaired) electrons. The van der Waals surface area contributed by atoms with Crippen molar-refractivity contribution < 1.29 is 9.59 Å². The number of anilines is 2. The molecule has 2 amide bonds. The molecule has 3 aromatic rings. The molecule has 142 valence electrons. The van der Waals surface area contributed by atoms with Crippen molar-refractivity contribution in [2.45, 2.75) is 25.8 Å². The SMILES string of the molecule is O=C(Nc1ccccc1)c1nc(C(=O)Nc2cccc(Cl)c2)n2c1CCCC2. The summed E-state index contributed by atoms with van der Waals surface area (Å²) in [5, 5.41) is 6.20. The Morgan fingerprint density at radius 1 is 0.929 bits per heavy atom. The Morgan fingerprint density at radius 3 is 2.46 bits per heavy atom. The Balaban J connectivity index is 1.63. The van der Waals surface area contributed by atoms with Crippen LogP contribution in [0.1, 0.15) is 39.6 Å². The van der Waals surface area contributed by atoms with Crippen molar-refractivity contribution in [1.82, 2.24) is 9.55 Å². The molecule has 0 spiro atoms. The molecule has 2 aromatic carbocycles. The van der Waals surface area contributed by atoms with Gasteiger partial charge in [0.15, 0.2) is 11.5 Å². The summed E-state index contributed by atoms with van der Waals surface area (Å²) >= 11 is 5.99. The van der Waals surface area contributed by atoms with Crippen molar-refractivity contribution in [2.75, 3.05) is 10.6 Å². The van der Waals surface area contributed by atoms with Gasteiger partial charge in [-0.3, -0.25) is 9.59 Å². The van der Waals surface area contributed by atoms with E-state index in [2.05, 4.69) is 15.6 Å². The minimum absolute atomic E-state index is 0.243. The quantitative estimate of drug-likeness (QED) is 0.689. The first-order valence-electron chi connectivity index (χ1n) is 9.14. The van der Waals surface area contributed by atoms with Crippen LogP contribution in [0.4, 0.5) is 11.4 Å². The molecule has 0 bridgehead atoms. The van der Waals surface area contributed by atoms with E-state index in [0.717, 1.165) is 25.0 Å². The number of benzene rings is 2. The van der Waals surface area contributed by atoms with Gasteiger partial charge in [-0.25, -0.2) is 4.98 Å². The van der Waals surface area contributed by atoms with Gasteiger partial charge in [0.2, 0.25) is 0 Å². The van der Waals surface area contributed by atoms with Crippen molar-refractivity contribution >= 4 is 34.8 Å². The number of aromatic nitrogens is 2. The zero-order valence-corrected chi connectivity index (χ0v) is 15.9. The molecule has 2 N–H and O–H groups in total. The molecule has 0 saturated carbocycles. The fraction of sp³-hybridized carbons (Fsp3) is 0.190. The molecule has 1 aliphatic heterocycles. The molecule has 0 unspecified atom stereocenters. The van der Waals surface area contributed by atoms with Crippen molar-refractivity contribution in [2.24, 2.45) is 0 Å². The maximum atomic E-state index is 12.8. The van der Waals surface area contributed by atoms with Gasteiger partial charge >= 0.3 is 0 Å². The molecular formula is C21H19ClN4O2. The van der Waals surface area contributed by atoms with Crippen LogP contribution in [0.3, 0.4) is 0 Å². The molecule has 2 heterocycles. The second kappa shape index (κ2) is 7.86. The maximum absolute atomic E-state index is 12.8. The van der Waals surface area contributed by atoms with Crippen LogP contribution in [0.5, 0.6) is 0 Å². The topological polar surface area (TPSA) is 76.0 Å². The van der Waals surface area contributed by atoms with E-state index in [1.807, 2.05) is 34.9 Å². The predicted octanol–water partition coefficient (Wildman–Crippen LogP) is 4.38. The van der Waals surface area contributed by atoms with Crippen molar-refractivity contribution in [3.8, 4) is 0 Å². The fourth-order valence-electron chi connectivity index (χ4n) is 3.36. The summed E-state index contributed by atoms with van der Waals surface area (Å²) in [6.07, 6.45) is 2.63. The summed E-state index contributed by atoms with van der Waals surface area (Å²) in [7, 11) is 0. The number of imidazole rings is 1. The van der Waals surface area contributed by atoms with Gasteiger partial charge in [-0.05, 0) is 49.6 Å². The van der Waals surface area contributed by atoms with Crippen LogP contribution in [0, 0.1) is 0 Å². The van der Waals surface area contributed by atoms with Crippen LogP contribution in [-0.2, 0) is 13.0 Å². The molecule has 0 saturated heterocycles. The number of hydrogen-bond acceptors (Lipinski definition) is 3. The number of fused-ring (bicyclic) bond motifs is 1. The van der Waals surface area contributed by atoms with Crippen LogP contribution in [0.15, 0.2) is 54.6 Å². The molecule has 4 rings (SSSR count). The van der Waals surface area contributed by atoms with E-state index in [-0.39, 0.29) is 17.6 Å². The van der Waals surface area contributed by atoms with E-state index < -0.39 is 0 Å². The third kappa shape index (κ3) is 3.77. The summed E-state index contributed by atoms with van der Waals surface area (Å²) in [6.45, 7) is 0.666. The minimum atomic E-state index is -0.357. The number of amides is 2. The Morgan fingerprint density at radius 2 is 1.68 bits per heavy atom. The van der Waals surface area contributed by atoms with Gasteiger partial charge in [0.25, 0.3) is 11.8 Å².